The van der Waals surface area contributed by atoms with Crippen LogP contribution in [-0.2, 0) is 19.1 Å². The second-order valence-electron chi connectivity index (χ2n) is 6.13. The lowest BCUT2D eigenvalue weighted by Crippen LogP contribution is -2.22. The molecule has 2 aromatic rings. The highest BCUT2D eigenvalue weighted by molar-refractivity contribution is 9.10. The van der Waals surface area contributed by atoms with E-state index in [-0.39, 0.29) is 18.7 Å². The molecule has 2 N–H and O–H groups in total. The van der Waals surface area contributed by atoms with Gasteiger partial charge in [0.1, 0.15) is 0 Å². The van der Waals surface area contributed by atoms with E-state index in [0.717, 1.165) is 15.6 Å². The number of anilines is 2. The number of esters is 1. The molecule has 0 radical (unpaired) electrons. The van der Waals surface area contributed by atoms with Gasteiger partial charge >= 0.3 is 5.97 Å². The molecule has 8 heteroatoms. The van der Waals surface area contributed by atoms with Crippen LogP contribution in [-0.4, -0.2) is 24.4 Å². The molecule has 2 aromatic carbocycles. The molecule has 2 rings (SSSR count). The number of hydrogen-bond donors (Lipinski definition) is 2. The van der Waals surface area contributed by atoms with Crippen molar-refractivity contribution >= 4 is 56.7 Å². The van der Waals surface area contributed by atoms with Gasteiger partial charge in [-0.1, -0.05) is 33.6 Å². The molecule has 0 saturated carbocycles. The second kappa shape index (κ2) is 10.2. The fraction of sp³-hybridized carbons (Fsp3) is 0.250. The van der Waals surface area contributed by atoms with E-state index in [1.807, 2.05) is 19.1 Å². The van der Waals surface area contributed by atoms with Gasteiger partial charge in [0.25, 0.3) is 5.91 Å². The molecule has 6 nitrogen and oxygen atoms in total. The van der Waals surface area contributed by atoms with Crippen molar-refractivity contribution in [3.05, 3.63) is 57.0 Å². The molecule has 0 atom stereocenters. The number of ether oxygens (including phenoxy) is 1. The first-order chi connectivity index (χ1) is 13.3. The van der Waals surface area contributed by atoms with E-state index in [9.17, 15) is 14.4 Å². The highest BCUT2D eigenvalue weighted by atomic mass is 79.9. The van der Waals surface area contributed by atoms with Crippen LogP contribution in [0.15, 0.2) is 40.9 Å². The van der Waals surface area contributed by atoms with Gasteiger partial charge in [0.2, 0.25) is 5.91 Å². The van der Waals surface area contributed by atoms with Gasteiger partial charge in [0.15, 0.2) is 6.61 Å². The molecule has 0 saturated heterocycles. The first-order valence-electron chi connectivity index (χ1n) is 8.53. The third kappa shape index (κ3) is 6.65. The first-order valence-corrected chi connectivity index (χ1v) is 9.70. The van der Waals surface area contributed by atoms with Gasteiger partial charge in [-0.2, -0.15) is 0 Å². The fourth-order valence-electron chi connectivity index (χ4n) is 2.34. The predicted molar refractivity (Wildman–Crippen MR) is 113 cm³/mol. The molecule has 28 heavy (non-hydrogen) atoms. The maximum absolute atomic E-state index is 12.0. The summed E-state index contributed by atoms with van der Waals surface area (Å²) < 4.78 is 5.83. The van der Waals surface area contributed by atoms with Gasteiger partial charge in [0, 0.05) is 27.3 Å². The second-order valence-corrected chi connectivity index (χ2v) is 7.45. The average molecular weight is 468 g/mol. The van der Waals surface area contributed by atoms with Gasteiger partial charge in [-0.25, -0.2) is 0 Å². The van der Waals surface area contributed by atoms with E-state index in [4.69, 9.17) is 16.3 Å². The highest BCUT2D eigenvalue weighted by Crippen LogP contribution is 2.23. The van der Waals surface area contributed by atoms with Crippen molar-refractivity contribution in [1.29, 1.82) is 0 Å². The predicted octanol–water partition coefficient (Wildman–Crippen LogP) is 4.62. The van der Waals surface area contributed by atoms with Crippen LogP contribution in [0.5, 0.6) is 0 Å². The zero-order valence-electron chi connectivity index (χ0n) is 15.5. The van der Waals surface area contributed by atoms with Crippen LogP contribution in [0.3, 0.4) is 0 Å². The molecule has 0 aliphatic carbocycles. The van der Waals surface area contributed by atoms with Crippen LogP contribution in [0.4, 0.5) is 11.4 Å². The summed E-state index contributed by atoms with van der Waals surface area (Å²) in [5.41, 5.74) is 2.86. The molecular weight excluding hydrogens is 448 g/mol. The molecule has 0 bridgehead atoms. The molecule has 0 aliphatic rings. The molecule has 0 unspecified atom stereocenters. The van der Waals surface area contributed by atoms with Crippen molar-refractivity contribution in [1.82, 2.24) is 0 Å². The summed E-state index contributed by atoms with van der Waals surface area (Å²) >= 11 is 9.35. The lowest BCUT2D eigenvalue weighted by Gasteiger charge is -2.10. The summed E-state index contributed by atoms with van der Waals surface area (Å²) in [5.74, 6) is -1.41. The summed E-state index contributed by atoms with van der Waals surface area (Å²) in [6, 6.07) is 10.6. The summed E-state index contributed by atoms with van der Waals surface area (Å²) in [6.45, 7) is 3.21. The van der Waals surface area contributed by atoms with E-state index < -0.39 is 18.5 Å². The number of carbonyl (C=O) groups is 3. The monoisotopic (exact) mass is 466 g/mol. The molecule has 0 aliphatic heterocycles. The summed E-state index contributed by atoms with van der Waals surface area (Å²) in [7, 11) is 0. The van der Waals surface area contributed by atoms with E-state index >= 15 is 0 Å². The van der Waals surface area contributed by atoms with Crippen molar-refractivity contribution in [2.75, 3.05) is 17.2 Å². The average Bonchev–Trinajstić information content (AvgIpc) is 2.64. The van der Waals surface area contributed by atoms with Gasteiger partial charge < -0.3 is 15.4 Å². The number of benzene rings is 2. The number of hydrogen-bond acceptors (Lipinski definition) is 4. The Bertz CT molecular complexity index is 902. The number of nitrogens with one attached hydrogen (secondary N) is 2. The van der Waals surface area contributed by atoms with Crippen LogP contribution >= 0.6 is 27.5 Å². The third-order valence-electron chi connectivity index (χ3n) is 3.92. The molecule has 2 amide bonds. The molecule has 0 fully saturated rings. The van der Waals surface area contributed by atoms with E-state index in [0.29, 0.717) is 16.4 Å². The van der Waals surface area contributed by atoms with Crippen LogP contribution in [0.2, 0.25) is 5.02 Å². The van der Waals surface area contributed by atoms with Crippen molar-refractivity contribution < 1.29 is 19.1 Å². The Kier molecular flexibility index (Phi) is 8.02. The topological polar surface area (TPSA) is 84.5 Å². The smallest absolute Gasteiger partial charge is 0.306 e. The Morgan fingerprint density at radius 1 is 1.00 bits per heavy atom. The normalized spacial score (nSPS) is 10.3. The van der Waals surface area contributed by atoms with Crippen molar-refractivity contribution in [3.8, 4) is 0 Å². The van der Waals surface area contributed by atoms with Gasteiger partial charge in [-0.15, -0.1) is 0 Å². The molecule has 0 heterocycles. The van der Waals surface area contributed by atoms with Crippen molar-refractivity contribution in [3.63, 3.8) is 0 Å². The number of halogens is 2. The number of amides is 2. The minimum Gasteiger partial charge on any atom is -0.456 e. The van der Waals surface area contributed by atoms with E-state index in [1.165, 1.54) is 0 Å². The van der Waals surface area contributed by atoms with Crippen LogP contribution in [0, 0.1) is 13.8 Å². The van der Waals surface area contributed by atoms with E-state index in [1.54, 1.807) is 31.2 Å². The zero-order chi connectivity index (χ0) is 20.7. The fourth-order valence-corrected chi connectivity index (χ4v) is 2.99. The van der Waals surface area contributed by atoms with Crippen molar-refractivity contribution in [2.45, 2.75) is 26.7 Å². The maximum Gasteiger partial charge on any atom is 0.306 e. The van der Waals surface area contributed by atoms with Crippen LogP contribution < -0.4 is 10.6 Å². The largest absolute Gasteiger partial charge is 0.456 e. The number of aryl methyl sites for hydroxylation is 1. The minimum atomic E-state index is -0.624. The summed E-state index contributed by atoms with van der Waals surface area (Å²) in [5, 5.41) is 5.90. The lowest BCUT2D eigenvalue weighted by molar-refractivity contribution is -0.147. The Balaban J connectivity index is 1.74. The Labute approximate surface area is 176 Å². The van der Waals surface area contributed by atoms with Crippen molar-refractivity contribution in [2.24, 2.45) is 0 Å². The van der Waals surface area contributed by atoms with Crippen LogP contribution in [0.25, 0.3) is 0 Å². The summed E-state index contributed by atoms with van der Waals surface area (Å²) in [4.78, 5) is 35.7. The molecule has 0 aromatic heterocycles. The molecule has 148 valence electrons. The zero-order valence-corrected chi connectivity index (χ0v) is 17.8. The quantitative estimate of drug-likeness (QED) is 0.582. The first kappa shape index (κ1) is 21.9. The minimum absolute atomic E-state index is 0.0383. The maximum atomic E-state index is 12.0. The Morgan fingerprint density at radius 3 is 2.43 bits per heavy atom. The van der Waals surface area contributed by atoms with E-state index in [2.05, 4.69) is 26.6 Å². The van der Waals surface area contributed by atoms with Gasteiger partial charge in [-0.3, -0.25) is 14.4 Å². The highest BCUT2D eigenvalue weighted by Gasteiger charge is 2.12. The Hall–Kier alpha value is -2.38. The lowest BCUT2D eigenvalue weighted by atomic mass is 10.2. The SMILES string of the molecule is Cc1cc(Br)ccc1NC(=O)CCC(=O)OCC(=O)Nc1cccc(Cl)c1C. The summed E-state index contributed by atoms with van der Waals surface area (Å²) in [6.07, 6.45) is -0.158. The van der Waals surface area contributed by atoms with Gasteiger partial charge in [-0.05, 0) is 55.3 Å². The molecular formula is C20H20BrClN2O4. The van der Waals surface area contributed by atoms with Gasteiger partial charge in [0.05, 0.1) is 6.42 Å². The number of rotatable bonds is 7. The molecule has 0 spiro atoms. The standard InChI is InChI=1S/C20H20BrClN2O4/c1-12-10-14(21)6-7-16(12)23-18(25)8-9-20(27)28-11-19(26)24-17-5-3-4-15(22)13(17)2/h3-7,10H,8-9,11H2,1-2H3,(H,23,25)(H,24,26). The van der Waals surface area contributed by atoms with Crippen LogP contribution in [0.1, 0.15) is 24.0 Å². The number of carbonyl (C=O) groups excluding carboxylic acids is 3. The Morgan fingerprint density at radius 2 is 1.71 bits per heavy atom. The third-order valence-corrected chi connectivity index (χ3v) is 4.83.